The molecule has 5 aromatic carbocycles. The van der Waals surface area contributed by atoms with E-state index in [1.54, 1.807) is 0 Å². The first-order valence-corrected chi connectivity index (χ1v) is 18.1. The van der Waals surface area contributed by atoms with E-state index in [1.165, 1.54) is 38.5 Å². The first-order valence-electron chi connectivity index (χ1n) is 17.3. The molecule has 0 unspecified atom stereocenters. The summed E-state index contributed by atoms with van der Waals surface area (Å²) < 4.78 is 0. The van der Waals surface area contributed by atoms with Crippen LogP contribution in [0.5, 0.6) is 0 Å². The largest absolute Gasteiger partial charge is 0.296 e. The minimum absolute atomic E-state index is 0.0000797. The molecule has 5 aromatic rings. The van der Waals surface area contributed by atoms with Crippen molar-refractivity contribution in [1.29, 1.82) is 0 Å². The van der Waals surface area contributed by atoms with Gasteiger partial charge in [0.25, 0.3) is 11.8 Å². The van der Waals surface area contributed by atoms with Crippen molar-refractivity contribution in [3.63, 3.8) is 0 Å². The zero-order chi connectivity index (χ0) is 32.3. The maximum Gasteiger partial charge on any atom is 0.259 e. The molecule has 0 saturated carbocycles. The molecular formula is C40H42N2O2S2. The van der Waals surface area contributed by atoms with Gasteiger partial charge >= 0.3 is 0 Å². The maximum absolute atomic E-state index is 14.1. The van der Waals surface area contributed by atoms with Gasteiger partial charge in [-0.25, -0.2) is 0 Å². The SMILES string of the molecule is CCCCCC[C@@H](C)N1C(=O)c2ccc3c4ccc5c6c(ccc(c7ccc(c2c37)C1=S)c64)C(=O)N([C@H](C)CCCCCC)C5=S. The van der Waals surface area contributed by atoms with Crippen molar-refractivity contribution in [3.8, 4) is 0 Å². The van der Waals surface area contributed by atoms with Crippen molar-refractivity contribution in [3.05, 3.63) is 70.8 Å². The van der Waals surface area contributed by atoms with Crippen molar-refractivity contribution < 1.29 is 9.59 Å². The van der Waals surface area contributed by atoms with Crippen LogP contribution >= 0.6 is 24.4 Å². The minimum Gasteiger partial charge on any atom is -0.296 e. The van der Waals surface area contributed by atoms with E-state index in [9.17, 15) is 9.59 Å². The highest BCUT2D eigenvalue weighted by Crippen LogP contribution is 2.47. The third-order valence-corrected chi connectivity index (χ3v) is 11.4. The Morgan fingerprint density at radius 3 is 1.20 bits per heavy atom. The summed E-state index contributed by atoms with van der Waals surface area (Å²) in [6.45, 7) is 8.68. The Hall–Kier alpha value is -3.48. The number of nitrogens with zero attached hydrogens (tertiary/aromatic N) is 2. The number of thiocarbonyl (C=S) groups is 2. The quantitative estimate of drug-likeness (QED) is 0.0585. The number of amides is 2. The van der Waals surface area contributed by atoms with E-state index in [4.69, 9.17) is 24.4 Å². The topological polar surface area (TPSA) is 40.6 Å². The third kappa shape index (κ3) is 4.66. The van der Waals surface area contributed by atoms with Crippen LogP contribution in [0.4, 0.5) is 0 Å². The Labute approximate surface area is 282 Å². The van der Waals surface area contributed by atoms with E-state index in [0.717, 1.165) is 91.0 Å². The van der Waals surface area contributed by atoms with Crippen LogP contribution in [0.15, 0.2) is 48.5 Å². The van der Waals surface area contributed by atoms with Crippen LogP contribution in [0.2, 0.25) is 0 Å². The molecule has 2 amide bonds. The smallest absolute Gasteiger partial charge is 0.259 e. The van der Waals surface area contributed by atoms with Crippen LogP contribution in [0.1, 0.15) is 124 Å². The normalized spacial score (nSPS) is 16.2. The Balaban J connectivity index is 1.35. The highest BCUT2D eigenvalue weighted by atomic mass is 32.1. The van der Waals surface area contributed by atoms with Gasteiger partial charge in [-0.2, -0.15) is 0 Å². The molecule has 236 valence electrons. The molecule has 0 aliphatic carbocycles. The van der Waals surface area contributed by atoms with Gasteiger partial charge in [-0.3, -0.25) is 19.4 Å². The lowest BCUT2D eigenvalue weighted by Gasteiger charge is -2.36. The molecule has 0 bridgehead atoms. The van der Waals surface area contributed by atoms with Crippen molar-refractivity contribution in [2.24, 2.45) is 0 Å². The lowest BCUT2D eigenvalue weighted by atomic mass is 9.82. The lowest BCUT2D eigenvalue weighted by molar-refractivity contribution is 0.0798. The molecule has 7 rings (SSSR count). The van der Waals surface area contributed by atoms with Gasteiger partial charge in [0.1, 0.15) is 9.98 Å². The molecule has 0 radical (unpaired) electrons. The molecule has 2 atom stereocenters. The molecule has 46 heavy (non-hydrogen) atoms. The van der Waals surface area contributed by atoms with Gasteiger partial charge in [-0.1, -0.05) is 126 Å². The van der Waals surface area contributed by atoms with Gasteiger partial charge in [0.2, 0.25) is 0 Å². The number of benzene rings is 5. The fourth-order valence-electron chi connectivity index (χ4n) is 8.10. The molecule has 0 N–H and O–H groups in total. The van der Waals surface area contributed by atoms with Crippen LogP contribution in [-0.2, 0) is 0 Å². The average Bonchev–Trinajstić information content (AvgIpc) is 3.05. The number of hydrogen-bond acceptors (Lipinski definition) is 4. The minimum atomic E-state index is 0.0000797. The van der Waals surface area contributed by atoms with E-state index in [2.05, 4.69) is 64.1 Å². The van der Waals surface area contributed by atoms with Gasteiger partial charge in [0, 0.05) is 45.1 Å². The average molecular weight is 647 g/mol. The fraction of sp³-hybridized carbons (Fsp3) is 0.400. The predicted molar refractivity (Wildman–Crippen MR) is 200 cm³/mol. The summed E-state index contributed by atoms with van der Waals surface area (Å²) in [5.74, 6) is 0.000159. The summed E-state index contributed by atoms with van der Waals surface area (Å²) in [4.78, 5) is 33.1. The molecule has 2 aliphatic heterocycles. The summed E-state index contributed by atoms with van der Waals surface area (Å²) in [6, 6.07) is 16.8. The third-order valence-electron chi connectivity index (χ3n) is 10.5. The van der Waals surface area contributed by atoms with E-state index in [1.807, 2.05) is 21.9 Å². The highest BCUT2D eigenvalue weighted by molar-refractivity contribution is 7.81. The Bertz CT molecular complexity index is 1800. The van der Waals surface area contributed by atoms with Gasteiger partial charge in [0.15, 0.2) is 0 Å². The van der Waals surface area contributed by atoms with Crippen LogP contribution in [0, 0.1) is 0 Å². The summed E-state index contributed by atoms with van der Waals surface area (Å²) in [5.41, 5.74) is 3.36. The van der Waals surface area contributed by atoms with Crippen molar-refractivity contribution in [1.82, 2.24) is 9.80 Å². The van der Waals surface area contributed by atoms with Crippen molar-refractivity contribution >= 4 is 89.3 Å². The van der Waals surface area contributed by atoms with Gasteiger partial charge in [0.05, 0.1) is 0 Å². The molecule has 2 heterocycles. The van der Waals surface area contributed by atoms with Gasteiger partial charge in [-0.05, 0) is 71.1 Å². The fourth-order valence-corrected chi connectivity index (χ4v) is 8.96. The maximum atomic E-state index is 14.1. The molecule has 4 nitrogen and oxygen atoms in total. The van der Waals surface area contributed by atoms with Crippen LogP contribution in [-0.4, -0.2) is 43.7 Å². The number of fused-ring (bicyclic) bond motifs is 2. The van der Waals surface area contributed by atoms with E-state index >= 15 is 0 Å². The summed E-state index contributed by atoms with van der Waals surface area (Å²) in [6.07, 6.45) is 11.2. The number of hydrogen-bond donors (Lipinski definition) is 0. The summed E-state index contributed by atoms with van der Waals surface area (Å²) in [7, 11) is 0. The zero-order valence-electron chi connectivity index (χ0n) is 27.4. The number of carbonyl (C=O) groups is 2. The van der Waals surface area contributed by atoms with E-state index in [0.29, 0.717) is 9.98 Å². The second-order valence-corrected chi connectivity index (χ2v) is 14.3. The number of carbonyl (C=O) groups excluding carboxylic acids is 2. The molecule has 0 fully saturated rings. The Kier molecular flexibility index (Phi) is 8.31. The molecule has 0 spiro atoms. The second-order valence-electron chi connectivity index (χ2n) is 13.5. The summed E-state index contributed by atoms with van der Waals surface area (Å²) in [5, 5.41) is 8.36. The van der Waals surface area contributed by atoms with Crippen molar-refractivity contribution in [2.45, 2.75) is 104 Å². The first-order chi connectivity index (χ1) is 22.3. The van der Waals surface area contributed by atoms with E-state index in [-0.39, 0.29) is 23.9 Å². The Morgan fingerprint density at radius 1 is 0.500 bits per heavy atom. The molecule has 0 aromatic heterocycles. The molecule has 0 saturated heterocycles. The molecule has 2 aliphatic rings. The van der Waals surface area contributed by atoms with Crippen molar-refractivity contribution in [2.75, 3.05) is 0 Å². The highest BCUT2D eigenvalue weighted by Gasteiger charge is 2.37. The number of rotatable bonds is 12. The number of unbranched alkanes of at least 4 members (excludes halogenated alkanes) is 6. The van der Waals surface area contributed by atoms with Gasteiger partial charge in [-0.15, -0.1) is 0 Å². The lowest BCUT2D eigenvalue weighted by Crippen LogP contribution is -2.45. The second kappa shape index (κ2) is 12.3. The van der Waals surface area contributed by atoms with Crippen LogP contribution in [0.25, 0.3) is 43.1 Å². The monoisotopic (exact) mass is 646 g/mol. The zero-order valence-corrected chi connectivity index (χ0v) is 29.0. The predicted octanol–water partition coefficient (Wildman–Crippen LogP) is 10.7. The molecular weight excluding hydrogens is 605 g/mol. The standard InChI is InChI=1S/C40H42N2O2S2/c1-5-7-9-11-13-23(3)41-37(43)29-19-15-25-28-18-22-32-36-30(38(44)42(40(32)46)24(4)14-12-10-8-6-2)20-16-26(34(28)36)27-17-21-31(39(41)45)35(29)33(25)27/h15-24H,5-14H2,1-4H3/t23-,24-/m1/s1. The van der Waals surface area contributed by atoms with Crippen LogP contribution in [0.3, 0.4) is 0 Å². The molecule has 6 heteroatoms. The Morgan fingerprint density at radius 2 is 0.848 bits per heavy atom. The first kappa shape index (κ1) is 31.1. The van der Waals surface area contributed by atoms with Gasteiger partial charge < -0.3 is 0 Å². The van der Waals surface area contributed by atoms with Crippen LogP contribution < -0.4 is 0 Å². The summed E-state index contributed by atoms with van der Waals surface area (Å²) >= 11 is 12.1. The van der Waals surface area contributed by atoms with E-state index < -0.39 is 0 Å².